The number of guanidine groups is 1. The number of ether oxygens (including phenoxy) is 3. The van der Waals surface area contributed by atoms with Gasteiger partial charge in [-0.3, -0.25) is 4.99 Å². The van der Waals surface area contributed by atoms with Gasteiger partial charge in [-0.1, -0.05) is 37.0 Å². The van der Waals surface area contributed by atoms with Gasteiger partial charge >= 0.3 is 0 Å². The van der Waals surface area contributed by atoms with Gasteiger partial charge in [0.15, 0.2) is 17.5 Å². The molecule has 1 aromatic rings. The van der Waals surface area contributed by atoms with Crippen LogP contribution in [0.1, 0.15) is 50.5 Å². The molecule has 0 unspecified atom stereocenters. The predicted octanol–water partition coefficient (Wildman–Crippen LogP) is 4.43. The number of aliphatic imine (C=N–C) groups is 1. The van der Waals surface area contributed by atoms with Crippen LogP contribution in [-0.2, 0) is 10.2 Å². The summed E-state index contributed by atoms with van der Waals surface area (Å²) in [7, 11) is 5.22. The number of hydrogen-bond donors (Lipinski definition) is 2. The van der Waals surface area contributed by atoms with E-state index in [0.29, 0.717) is 0 Å². The molecule has 1 aliphatic carbocycles. The smallest absolute Gasteiger partial charge is 0.191 e. The Kier molecular flexibility index (Phi) is 10.9. The molecule has 0 spiro atoms. The minimum absolute atomic E-state index is 0. The first kappa shape index (κ1) is 25.8. The maximum Gasteiger partial charge on any atom is 0.191 e. The van der Waals surface area contributed by atoms with E-state index in [1.165, 1.54) is 43.2 Å². The van der Waals surface area contributed by atoms with E-state index in [0.717, 1.165) is 56.6 Å². The molecule has 0 amide bonds. The summed E-state index contributed by atoms with van der Waals surface area (Å²) < 4.78 is 16.4. The number of hydrogen-bond acceptors (Lipinski definition) is 4. The molecule has 0 bridgehead atoms. The lowest BCUT2D eigenvalue weighted by Gasteiger charge is -2.38. The summed E-state index contributed by atoms with van der Waals surface area (Å²) in [5.74, 6) is 2.44. The van der Waals surface area contributed by atoms with Crippen molar-refractivity contribution in [3.8, 4) is 11.5 Å². The Hall–Kier alpha value is -1.48. The van der Waals surface area contributed by atoms with Crippen LogP contribution in [0.2, 0.25) is 0 Å². The highest BCUT2D eigenvalue weighted by Crippen LogP contribution is 2.42. The molecule has 31 heavy (non-hydrogen) atoms. The molecular formula is C24H38IN3O3. The zero-order chi connectivity index (χ0) is 21.2. The van der Waals surface area contributed by atoms with E-state index in [9.17, 15) is 0 Å². The molecule has 1 aromatic carbocycles. The van der Waals surface area contributed by atoms with Crippen molar-refractivity contribution in [2.24, 2.45) is 4.99 Å². The molecule has 0 saturated heterocycles. The number of halogens is 1. The number of nitrogens with one attached hydrogen (secondary N) is 2. The second-order valence-electron chi connectivity index (χ2n) is 8.20. The van der Waals surface area contributed by atoms with Gasteiger partial charge in [0, 0.05) is 25.6 Å². The first-order chi connectivity index (χ1) is 14.7. The third kappa shape index (κ3) is 7.00. The molecule has 2 aliphatic rings. The van der Waals surface area contributed by atoms with Gasteiger partial charge in [-0.05, 0) is 43.4 Å². The zero-order valence-corrected chi connectivity index (χ0v) is 21.5. The standard InChI is InChI=1S/C24H37N3O3.HI/c1-25-23(26-14-9-19-10-15-30-16-11-19)27-18-24(12-5-4-6-13-24)20-7-8-21(28-2)22(17-20)29-3;/h7-8,10,17H,4-6,9,11-16,18H2,1-3H3,(H2,25,26,27);1H. The molecule has 174 valence electrons. The van der Waals surface area contributed by atoms with E-state index in [-0.39, 0.29) is 29.4 Å². The summed E-state index contributed by atoms with van der Waals surface area (Å²) in [6, 6.07) is 6.38. The zero-order valence-electron chi connectivity index (χ0n) is 19.2. The minimum Gasteiger partial charge on any atom is -0.493 e. The maximum atomic E-state index is 5.57. The van der Waals surface area contributed by atoms with Crippen molar-refractivity contribution < 1.29 is 14.2 Å². The molecule has 1 fully saturated rings. The number of methoxy groups -OCH3 is 2. The van der Waals surface area contributed by atoms with Gasteiger partial charge in [-0.25, -0.2) is 0 Å². The van der Waals surface area contributed by atoms with E-state index in [1.807, 2.05) is 13.1 Å². The van der Waals surface area contributed by atoms with E-state index in [1.54, 1.807) is 14.2 Å². The average molecular weight is 543 g/mol. The van der Waals surface area contributed by atoms with Gasteiger partial charge in [0.25, 0.3) is 0 Å². The highest BCUT2D eigenvalue weighted by Gasteiger charge is 2.34. The fourth-order valence-electron chi connectivity index (χ4n) is 4.57. The lowest BCUT2D eigenvalue weighted by Crippen LogP contribution is -2.46. The minimum atomic E-state index is 0. The maximum absolute atomic E-state index is 5.57. The number of benzene rings is 1. The van der Waals surface area contributed by atoms with Crippen molar-refractivity contribution >= 4 is 29.9 Å². The summed E-state index contributed by atoms with van der Waals surface area (Å²) in [5, 5.41) is 7.08. The Morgan fingerprint density at radius 1 is 1.10 bits per heavy atom. The van der Waals surface area contributed by atoms with Gasteiger partial charge in [-0.15, -0.1) is 24.0 Å². The van der Waals surface area contributed by atoms with Gasteiger partial charge in [0.05, 0.1) is 27.4 Å². The highest BCUT2D eigenvalue weighted by atomic mass is 127. The molecular weight excluding hydrogens is 505 g/mol. The van der Waals surface area contributed by atoms with Crippen LogP contribution in [0.5, 0.6) is 11.5 Å². The molecule has 0 radical (unpaired) electrons. The Labute approximate surface area is 204 Å². The van der Waals surface area contributed by atoms with Crippen LogP contribution >= 0.6 is 24.0 Å². The monoisotopic (exact) mass is 543 g/mol. The second-order valence-corrected chi connectivity index (χ2v) is 8.20. The van der Waals surface area contributed by atoms with Crippen LogP contribution in [0, 0.1) is 0 Å². The lowest BCUT2D eigenvalue weighted by atomic mass is 9.69. The van der Waals surface area contributed by atoms with Crippen LogP contribution < -0.4 is 20.1 Å². The highest BCUT2D eigenvalue weighted by molar-refractivity contribution is 14.0. The summed E-state index contributed by atoms with van der Waals surface area (Å²) in [5.41, 5.74) is 2.87. The first-order valence-electron chi connectivity index (χ1n) is 11.1. The SMILES string of the molecule is CN=C(NCCC1=CCOCC1)NCC1(c2ccc(OC)c(OC)c2)CCCCC1.I. The third-order valence-electron chi connectivity index (χ3n) is 6.42. The van der Waals surface area contributed by atoms with E-state index in [4.69, 9.17) is 14.2 Å². The topological polar surface area (TPSA) is 64.1 Å². The van der Waals surface area contributed by atoms with Crippen LogP contribution in [0.15, 0.2) is 34.8 Å². The molecule has 3 rings (SSSR count). The van der Waals surface area contributed by atoms with Crippen molar-refractivity contribution in [2.75, 3.05) is 47.6 Å². The lowest BCUT2D eigenvalue weighted by molar-refractivity contribution is 0.153. The molecule has 0 atom stereocenters. The Balaban J connectivity index is 0.00000341. The van der Waals surface area contributed by atoms with Crippen LogP contribution in [-0.4, -0.2) is 53.5 Å². The van der Waals surface area contributed by atoms with Gasteiger partial charge in [-0.2, -0.15) is 0 Å². The Morgan fingerprint density at radius 3 is 2.52 bits per heavy atom. The van der Waals surface area contributed by atoms with Gasteiger partial charge < -0.3 is 24.8 Å². The summed E-state index contributed by atoms with van der Waals surface area (Å²) >= 11 is 0. The Bertz CT molecular complexity index is 746. The largest absolute Gasteiger partial charge is 0.493 e. The van der Waals surface area contributed by atoms with Crippen molar-refractivity contribution in [1.29, 1.82) is 0 Å². The van der Waals surface area contributed by atoms with E-state index >= 15 is 0 Å². The van der Waals surface area contributed by atoms with Crippen molar-refractivity contribution in [2.45, 2.75) is 50.4 Å². The van der Waals surface area contributed by atoms with Crippen molar-refractivity contribution in [3.63, 3.8) is 0 Å². The first-order valence-corrected chi connectivity index (χ1v) is 11.1. The average Bonchev–Trinajstić information content (AvgIpc) is 2.82. The van der Waals surface area contributed by atoms with Crippen molar-refractivity contribution in [3.05, 3.63) is 35.4 Å². The molecule has 7 heteroatoms. The molecule has 0 aromatic heterocycles. The fraction of sp³-hybridized carbons (Fsp3) is 0.625. The molecule has 1 aliphatic heterocycles. The third-order valence-corrected chi connectivity index (χ3v) is 6.42. The quantitative estimate of drug-likeness (QED) is 0.220. The number of rotatable bonds is 8. The predicted molar refractivity (Wildman–Crippen MR) is 137 cm³/mol. The summed E-state index contributed by atoms with van der Waals surface area (Å²) in [6.45, 7) is 3.33. The van der Waals surface area contributed by atoms with E-state index < -0.39 is 0 Å². The van der Waals surface area contributed by atoms with Crippen LogP contribution in [0.3, 0.4) is 0 Å². The molecule has 2 N–H and O–H groups in total. The normalized spacial score (nSPS) is 18.4. The number of nitrogens with zero attached hydrogens (tertiary/aromatic N) is 1. The molecule has 1 heterocycles. The molecule has 1 saturated carbocycles. The summed E-state index contributed by atoms with van der Waals surface area (Å²) in [6.07, 6.45) is 10.4. The van der Waals surface area contributed by atoms with Crippen LogP contribution in [0.25, 0.3) is 0 Å². The van der Waals surface area contributed by atoms with Gasteiger partial charge in [0.2, 0.25) is 0 Å². The summed E-state index contributed by atoms with van der Waals surface area (Å²) in [4.78, 5) is 4.45. The van der Waals surface area contributed by atoms with Crippen molar-refractivity contribution in [1.82, 2.24) is 10.6 Å². The molecule has 6 nitrogen and oxygen atoms in total. The van der Waals surface area contributed by atoms with E-state index in [2.05, 4.69) is 33.8 Å². The van der Waals surface area contributed by atoms with Crippen LogP contribution in [0.4, 0.5) is 0 Å². The van der Waals surface area contributed by atoms with Gasteiger partial charge in [0.1, 0.15) is 0 Å². The fourth-order valence-corrected chi connectivity index (χ4v) is 4.57. The second kappa shape index (κ2) is 13.2. The Morgan fingerprint density at radius 2 is 1.87 bits per heavy atom.